The molecule has 1 fully saturated rings. The highest BCUT2D eigenvalue weighted by Crippen LogP contribution is 2.35. The van der Waals surface area contributed by atoms with Crippen LogP contribution < -0.4 is 4.90 Å². The van der Waals surface area contributed by atoms with Crippen molar-refractivity contribution in [2.75, 3.05) is 44.2 Å². The van der Waals surface area contributed by atoms with E-state index >= 15 is 0 Å². The molecule has 1 aliphatic rings. The highest BCUT2D eigenvalue weighted by atomic mass is 35.5. The summed E-state index contributed by atoms with van der Waals surface area (Å²) in [6.07, 6.45) is 0. The molecule has 1 amide bonds. The molecule has 2 atom stereocenters. The molecule has 3 aromatic carbocycles. The fourth-order valence-corrected chi connectivity index (χ4v) is 5.58. The van der Waals surface area contributed by atoms with E-state index in [1.54, 1.807) is 23.1 Å². The van der Waals surface area contributed by atoms with Gasteiger partial charge in [0.25, 0.3) is 5.91 Å². The number of nitriles is 1. The van der Waals surface area contributed by atoms with E-state index in [1.165, 1.54) is 0 Å². The molecule has 0 radical (unpaired) electrons. The van der Waals surface area contributed by atoms with Crippen LogP contribution in [0.25, 0.3) is 0 Å². The van der Waals surface area contributed by atoms with Crippen LogP contribution in [0.15, 0.2) is 66.7 Å². The van der Waals surface area contributed by atoms with Crippen molar-refractivity contribution in [2.24, 2.45) is 0 Å². The number of carbonyl (C=O) groups is 1. The Kier molecular flexibility index (Phi) is 9.19. The van der Waals surface area contributed by atoms with Crippen LogP contribution in [0.4, 0.5) is 5.69 Å². The molecule has 0 unspecified atom stereocenters. The van der Waals surface area contributed by atoms with Crippen LogP contribution in [0, 0.1) is 11.3 Å². The zero-order valence-corrected chi connectivity index (χ0v) is 24.1. The minimum absolute atomic E-state index is 0.00735. The third-order valence-corrected chi connectivity index (χ3v) is 7.93. The van der Waals surface area contributed by atoms with Crippen LogP contribution in [0.5, 0.6) is 0 Å². The molecule has 0 bridgehead atoms. The summed E-state index contributed by atoms with van der Waals surface area (Å²) in [4.78, 5) is 19.0. The lowest BCUT2D eigenvalue weighted by Gasteiger charge is -2.45. The summed E-state index contributed by atoms with van der Waals surface area (Å²) in [6, 6.07) is 22.7. The van der Waals surface area contributed by atoms with E-state index in [1.807, 2.05) is 69.3 Å². The number of nitrogens with zero attached hydrogens (tertiary/aromatic N) is 4. The monoisotopic (exact) mass is 564 g/mol. The molecule has 39 heavy (non-hydrogen) atoms. The Labute approximate surface area is 241 Å². The van der Waals surface area contributed by atoms with Crippen molar-refractivity contribution in [3.05, 3.63) is 99.0 Å². The van der Waals surface area contributed by atoms with Crippen molar-refractivity contribution >= 4 is 34.8 Å². The second kappa shape index (κ2) is 12.4. The van der Waals surface area contributed by atoms with Crippen molar-refractivity contribution < 1.29 is 9.90 Å². The number of rotatable bonds is 8. The van der Waals surface area contributed by atoms with Crippen LogP contribution in [-0.2, 0) is 5.60 Å². The highest BCUT2D eigenvalue weighted by Gasteiger charge is 2.34. The molecule has 0 aromatic heterocycles. The average Bonchev–Trinajstić information content (AvgIpc) is 2.94. The maximum atomic E-state index is 12.7. The molecule has 6 nitrogen and oxygen atoms in total. The summed E-state index contributed by atoms with van der Waals surface area (Å²) in [6.45, 7) is 9.47. The van der Waals surface area contributed by atoms with Crippen LogP contribution in [0.3, 0.4) is 0 Å². The van der Waals surface area contributed by atoms with Gasteiger partial charge in [0.15, 0.2) is 0 Å². The van der Waals surface area contributed by atoms with Gasteiger partial charge in [-0.05, 0) is 74.4 Å². The third kappa shape index (κ3) is 6.57. The lowest BCUT2D eigenvalue weighted by Crippen LogP contribution is -2.52. The fourth-order valence-electron chi connectivity index (χ4n) is 5.28. The first-order valence-corrected chi connectivity index (χ1v) is 14.0. The van der Waals surface area contributed by atoms with Gasteiger partial charge in [-0.3, -0.25) is 9.69 Å². The number of hydrogen-bond acceptors (Lipinski definition) is 5. The smallest absolute Gasteiger partial charge is 0.253 e. The molecular weight excluding hydrogens is 531 g/mol. The van der Waals surface area contributed by atoms with Crippen LogP contribution in [0.2, 0.25) is 10.0 Å². The van der Waals surface area contributed by atoms with Gasteiger partial charge in [-0.15, -0.1) is 0 Å². The number of anilines is 1. The second-order valence-electron chi connectivity index (χ2n) is 10.1. The van der Waals surface area contributed by atoms with E-state index < -0.39 is 5.60 Å². The average molecular weight is 566 g/mol. The van der Waals surface area contributed by atoms with Crippen molar-refractivity contribution in [1.82, 2.24) is 9.80 Å². The quantitative estimate of drug-likeness (QED) is 0.357. The summed E-state index contributed by atoms with van der Waals surface area (Å²) < 4.78 is 0. The number of piperazine rings is 1. The number of halogens is 2. The first-order valence-electron chi connectivity index (χ1n) is 13.2. The maximum Gasteiger partial charge on any atom is 0.253 e. The lowest BCUT2D eigenvalue weighted by molar-refractivity contribution is 0.0102. The van der Waals surface area contributed by atoms with E-state index in [-0.39, 0.29) is 11.9 Å². The van der Waals surface area contributed by atoms with Gasteiger partial charge in [0.05, 0.1) is 22.9 Å². The zero-order valence-electron chi connectivity index (χ0n) is 22.6. The molecule has 0 spiro atoms. The zero-order chi connectivity index (χ0) is 28.2. The fraction of sp³-hybridized carbons (Fsp3) is 0.355. The minimum Gasteiger partial charge on any atom is -0.384 e. The Morgan fingerprint density at radius 3 is 2.28 bits per heavy atom. The van der Waals surface area contributed by atoms with E-state index in [0.717, 1.165) is 16.8 Å². The Bertz CT molecular complexity index is 1330. The summed E-state index contributed by atoms with van der Waals surface area (Å²) in [7, 11) is 0. The molecule has 204 valence electrons. The number of benzene rings is 3. The Balaban J connectivity index is 1.56. The first-order chi connectivity index (χ1) is 18.7. The molecule has 3 aromatic rings. The van der Waals surface area contributed by atoms with Crippen LogP contribution in [-0.4, -0.2) is 60.1 Å². The van der Waals surface area contributed by atoms with Gasteiger partial charge < -0.3 is 14.9 Å². The largest absolute Gasteiger partial charge is 0.384 e. The maximum absolute atomic E-state index is 12.7. The van der Waals surface area contributed by atoms with Crippen LogP contribution in [0.1, 0.15) is 53.9 Å². The molecule has 1 aliphatic heterocycles. The normalized spacial score (nSPS) is 17.4. The number of amides is 1. The van der Waals surface area contributed by atoms with Gasteiger partial charge in [0.2, 0.25) is 0 Å². The van der Waals surface area contributed by atoms with Crippen molar-refractivity contribution in [3.63, 3.8) is 0 Å². The molecule has 8 heteroatoms. The van der Waals surface area contributed by atoms with Crippen molar-refractivity contribution in [2.45, 2.75) is 32.4 Å². The second-order valence-corrected chi connectivity index (χ2v) is 11.0. The predicted molar refractivity (Wildman–Crippen MR) is 157 cm³/mol. The Morgan fingerprint density at radius 2 is 1.67 bits per heavy atom. The number of hydrogen-bond donors (Lipinski definition) is 1. The van der Waals surface area contributed by atoms with Gasteiger partial charge >= 0.3 is 0 Å². The summed E-state index contributed by atoms with van der Waals surface area (Å²) in [5.41, 5.74) is 2.69. The lowest BCUT2D eigenvalue weighted by atomic mass is 9.93. The first kappa shape index (κ1) is 28.9. The standard InChI is InChI=1S/C31H34Cl2N4O2/c1-4-36(5-2)30(38)23-6-10-25(11-7-23)31(3,39)21-35-16-17-37(28-15-14-27(33)18-24(28)19-34)29(20-35)22-8-12-26(32)13-9-22/h6-15,18,29,39H,4-5,16-17,20-21H2,1-3H3/t29-,31+/m0/s1. The summed E-state index contributed by atoms with van der Waals surface area (Å²) in [5, 5.41) is 22.5. The summed E-state index contributed by atoms with van der Waals surface area (Å²) in [5.74, 6) is -0.00735. The topological polar surface area (TPSA) is 70.8 Å². The Hall–Kier alpha value is -3.08. The highest BCUT2D eigenvalue weighted by molar-refractivity contribution is 6.31. The SMILES string of the molecule is CCN(CC)C(=O)c1ccc([C@](C)(O)CN2CCN(c3ccc(Cl)cc3C#N)[C@H](c3ccc(Cl)cc3)C2)cc1. The molecule has 1 saturated heterocycles. The van der Waals surface area contributed by atoms with Crippen LogP contribution >= 0.6 is 23.2 Å². The van der Waals surface area contributed by atoms with Gasteiger partial charge in [-0.1, -0.05) is 47.5 Å². The van der Waals surface area contributed by atoms with Crippen molar-refractivity contribution in [3.8, 4) is 6.07 Å². The molecule has 0 saturated carbocycles. The number of carbonyl (C=O) groups excluding carboxylic acids is 1. The molecule has 1 heterocycles. The third-order valence-electron chi connectivity index (χ3n) is 7.44. The number of aliphatic hydroxyl groups is 1. The Morgan fingerprint density at radius 1 is 1.03 bits per heavy atom. The summed E-state index contributed by atoms with van der Waals surface area (Å²) >= 11 is 12.4. The molecule has 4 rings (SSSR count). The van der Waals surface area contributed by atoms with Gasteiger partial charge in [0.1, 0.15) is 6.07 Å². The minimum atomic E-state index is -1.12. The molecule has 1 N–H and O–H groups in total. The van der Waals surface area contributed by atoms with Gasteiger partial charge in [-0.2, -0.15) is 5.26 Å². The molecule has 0 aliphatic carbocycles. The van der Waals surface area contributed by atoms with E-state index in [2.05, 4.69) is 15.9 Å². The predicted octanol–water partition coefficient (Wildman–Crippen LogP) is 6.12. The van der Waals surface area contributed by atoms with Gasteiger partial charge in [-0.25, -0.2) is 0 Å². The molecular formula is C31H34Cl2N4O2. The van der Waals surface area contributed by atoms with Crippen molar-refractivity contribution in [1.29, 1.82) is 5.26 Å². The number of β-amino-alcohol motifs (C(OH)–C–C–N with tert-alkyl or cyclic N) is 1. The van der Waals surface area contributed by atoms with E-state index in [4.69, 9.17) is 23.2 Å². The van der Waals surface area contributed by atoms with E-state index in [0.29, 0.717) is 60.4 Å². The van der Waals surface area contributed by atoms with Gasteiger partial charge in [0, 0.05) is 54.9 Å². The van der Waals surface area contributed by atoms with E-state index in [9.17, 15) is 15.2 Å².